The zero-order chi connectivity index (χ0) is 14.3. The molecule has 1 aliphatic rings. The van der Waals surface area contributed by atoms with Crippen molar-refractivity contribution in [3.63, 3.8) is 0 Å². The largest absolute Gasteiger partial charge is 0.297 e. The second kappa shape index (κ2) is 7.88. The summed E-state index contributed by atoms with van der Waals surface area (Å²) in [5.74, 6) is 1.02. The summed E-state index contributed by atoms with van der Waals surface area (Å²) >= 11 is 0. The molecule has 0 fully saturated rings. The zero-order valence-corrected chi connectivity index (χ0v) is 12.9. The highest BCUT2D eigenvalue weighted by molar-refractivity contribution is 6.01. The van der Waals surface area contributed by atoms with Crippen LogP contribution in [0.1, 0.15) is 33.6 Å². The summed E-state index contributed by atoms with van der Waals surface area (Å²) in [6.07, 6.45) is 13.0. The maximum Gasteiger partial charge on any atom is 0.0399 e. The predicted octanol–water partition coefficient (Wildman–Crippen LogP) is 4.25. The third-order valence-corrected chi connectivity index (χ3v) is 3.68. The molecule has 0 amide bonds. The monoisotopic (exact) mass is 258 g/mol. The lowest BCUT2D eigenvalue weighted by molar-refractivity contribution is 0.583. The summed E-state index contributed by atoms with van der Waals surface area (Å²) in [4.78, 5) is 8.52. The first-order chi connectivity index (χ1) is 9.13. The van der Waals surface area contributed by atoms with Gasteiger partial charge in [-0.3, -0.25) is 9.98 Å². The van der Waals surface area contributed by atoms with Crippen molar-refractivity contribution in [2.24, 2.45) is 21.8 Å². The molecule has 1 rings (SSSR count). The summed E-state index contributed by atoms with van der Waals surface area (Å²) in [7, 11) is 3.71. The molecule has 104 valence electrons. The smallest absolute Gasteiger partial charge is 0.0399 e. The van der Waals surface area contributed by atoms with Crippen LogP contribution in [0.15, 0.2) is 45.4 Å². The Morgan fingerprint density at radius 3 is 2.63 bits per heavy atom. The van der Waals surface area contributed by atoms with Crippen LogP contribution in [0.4, 0.5) is 0 Å². The van der Waals surface area contributed by atoms with E-state index in [1.807, 2.05) is 20.3 Å². The molecule has 2 heteroatoms. The van der Waals surface area contributed by atoms with Gasteiger partial charge < -0.3 is 0 Å². The van der Waals surface area contributed by atoms with Gasteiger partial charge in [-0.2, -0.15) is 0 Å². The quantitative estimate of drug-likeness (QED) is 0.534. The number of nitrogens with zero attached hydrogens (tertiary/aromatic N) is 2. The molecule has 0 bridgehead atoms. The Hall–Kier alpha value is -1.44. The van der Waals surface area contributed by atoms with Crippen LogP contribution in [-0.2, 0) is 0 Å². The van der Waals surface area contributed by atoms with E-state index in [-0.39, 0.29) is 0 Å². The average molecular weight is 258 g/mol. The summed E-state index contributed by atoms with van der Waals surface area (Å²) in [5, 5.41) is 0. The third-order valence-electron chi connectivity index (χ3n) is 3.68. The minimum Gasteiger partial charge on any atom is -0.297 e. The topological polar surface area (TPSA) is 24.7 Å². The normalized spacial score (nSPS) is 28.2. The lowest BCUT2D eigenvalue weighted by atomic mass is 9.92. The van der Waals surface area contributed by atoms with E-state index in [1.54, 1.807) is 0 Å². The Morgan fingerprint density at radius 2 is 2.05 bits per heavy atom. The predicted molar refractivity (Wildman–Crippen MR) is 86.3 cm³/mol. The van der Waals surface area contributed by atoms with E-state index in [1.165, 1.54) is 29.7 Å². The molecule has 0 aromatic carbocycles. The molecule has 2 unspecified atom stereocenters. The number of hydrogen-bond acceptors (Lipinski definition) is 2. The molecule has 0 aliphatic heterocycles. The standard InChI is InChI=1S/C17H26N2/c1-6-7-15(10-11-18-4)16-9-8-13(2)17(19-5)14(3)12-16/h6-7,10-13,16H,8-9H2,1-5H3/b7-6-,15-10+,18-11-,19-17+. The highest BCUT2D eigenvalue weighted by atomic mass is 14.7. The molecule has 0 aromatic rings. The van der Waals surface area contributed by atoms with Gasteiger partial charge in [0.15, 0.2) is 0 Å². The minimum absolute atomic E-state index is 0.468. The van der Waals surface area contributed by atoms with Gasteiger partial charge in [0, 0.05) is 31.9 Å². The maximum atomic E-state index is 4.46. The van der Waals surface area contributed by atoms with E-state index in [2.05, 4.69) is 55.1 Å². The Bertz CT molecular complexity index is 436. The van der Waals surface area contributed by atoms with Gasteiger partial charge in [-0.25, -0.2) is 0 Å². The molecule has 0 aromatic heterocycles. The Balaban J connectivity index is 3.09. The fourth-order valence-electron chi connectivity index (χ4n) is 2.74. The van der Waals surface area contributed by atoms with Crippen molar-refractivity contribution in [3.8, 4) is 0 Å². The van der Waals surface area contributed by atoms with Gasteiger partial charge in [-0.1, -0.05) is 25.2 Å². The molecule has 0 spiro atoms. The van der Waals surface area contributed by atoms with E-state index in [0.29, 0.717) is 11.8 Å². The molecule has 2 atom stereocenters. The molecular weight excluding hydrogens is 232 g/mol. The first-order valence-electron chi connectivity index (χ1n) is 7.04. The molecule has 0 N–H and O–H groups in total. The van der Waals surface area contributed by atoms with Crippen molar-refractivity contribution in [1.29, 1.82) is 0 Å². The summed E-state index contributed by atoms with van der Waals surface area (Å²) in [6, 6.07) is 0. The van der Waals surface area contributed by atoms with Crippen LogP contribution in [-0.4, -0.2) is 26.0 Å². The lowest BCUT2D eigenvalue weighted by Crippen LogP contribution is -2.10. The van der Waals surface area contributed by atoms with E-state index in [0.717, 1.165) is 0 Å². The van der Waals surface area contributed by atoms with Crippen LogP contribution < -0.4 is 0 Å². The van der Waals surface area contributed by atoms with Gasteiger partial charge in [0.05, 0.1) is 0 Å². The number of rotatable bonds is 3. The number of hydrogen-bond donors (Lipinski definition) is 0. The van der Waals surface area contributed by atoms with Crippen molar-refractivity contribution < 1.29 is 0 Å². The van der Waals surface area contributed by atoms with E-state index >= 15 is 0 Å². The highest BCUT2D eigenvalue weighted by Gasteiger charge is 2.21. The fraction of sp³-hybridized carbons (Fsp3) is 0.529. The van der Waals surface area contributed by atoms with Gasteiger partial charge in [0.25, 0.3) is 0 Å². The van der Waals surface area contributed by atoms with Gasteiger partial charge >= 0.3 is 0 Å². The Kier molecular flexibility index (Phi) is 6.48. The molecule has 1 aliphatic carbocycles. The van der Waals surface area contributed by atoms with Gasteiger partial charge in [0.2, 0.25) is 0 Å². The van der Waals surface area contributed by atoms with Gasteiger partial charge in [-0.15, -0.1) is 0 Å². The van der Waals surface area contributed by atoms with Crippen LogP contribution in [0.3, 0.4) is 0 Å². The minimum atomic E-state index is 0.468. The molecule has 19 heavy (non-hydrogen) atoms. The lowest BCUT2D eigenvalue weighted by Gasteiger charge is -2.13. The fourth-order valence-corrected chi connectivity index (χ4v) is 2.74. The second-order valence-corrected chi connectivity index (χ2v) is 5.12. The second-order valence-electron chi connectivity index (χ2n) is 5.12. The Labute approximate surface area is 117 Å². The first-order valence-corrected chi connectivity index (χ1v) is 7.04. The van der Waals surface area contributed by atoms with Crippen LogP contribution in [0, 0.1) is 11.8 Å². The van der Waals surface area contributed by atoms with Crippen molar-refractivity contribution >= 4 is 11.9 Å². The molecule has 2 nitrogen and oxygen atoms in total. The van der Waals surface area contributed by atoms with E-state index in [4.69, 9.17) is 0 Å². The third kappa shape index (κ3) is 4.30. The van der Waals surface area contributed by atoms with Crippen LogP contribution in [0.2, 0.25) is 0 Å². The van der Waals surface area contributed by atoms with Crippen molar-refractivity contribution in [1.82, 2.24) is 0 Å². The van der Waals surface area contributed by atoms with Crippen molar-refractivity contribution in [2.45, 2.75) is 33.6 Å². The van der Waals surface area contributed by atoms with Crippen LogP contribution in [0.5, 0.6) is 0 Å². The van der Waals surface area contributed by atoms with Crippen LogP contribution >= 0.6 is 0 Å². The SMILES string of the molecule is C\C=C/C(=C\C=N/C)C1C=C(C)/C(=N/C)C(C)CC1. The molecule has 0 saturated carbocycles. The molecular formula is C17H26N2. The summed E-state index contributed by atoms with van der Waals surface area (Å²) < 4.78 is 0. The highest BCUT2D eigenvalue weighted by Crippen LogP contribution is 2.29. The van der Waals surface area contributed by atoms with E-state index < -0.39 is 0 Å². The number of aliphatic imine (C=N–C) groups is 2. The zero-order valence-electron chi connectivity index (χ0n) is 12.9. The van der Waals surface area contributed by atoms with Gasteiger partial charge in [0.1, 0.15) is 0 Å². The van der Waals surface area contributed by atoms with Crippen molar-refractivity contribution in [2.75, 3.05) is 14.1 Å². The summed E-state index contributed by atoms with van der Waals surface area (Å²) in [6.45, 7) is 6.51. The van der Waals surface area contributed by atoms with E-state index in [9.17, 15) is 0 Å². The maximum absolute atomic E-state index is 4.46. The van der Waals surface area contributed by atoms with Crippen molar-refractivity contribution in [3.05, 3.63) is 35.5 Å². The number of allylic oxidation sites excluding steroid dienone is 6. The Morgan fingerprint density at radius 1 is 1.32 bits per heavy atom. The van der Waals surface area contributed by atoms with Crippen LogP contribution in [0.25, 0.3) is 0 Å². The molecule has 0 heterocycles. The first kappa shape index (κ1) is 15.6. The molecule has 0 radical (unpaired) electrons. The molecule has 0 saturated heterocycles. The summed E-state index contributed by atoms with van der Waals surface area (Å²) in [5.41, 5.74) is 3.91. The average Bonchev–Trinajstić information content (AvgIpc) is 2.53. The van der Waals surface area contributed by atoms with Gasteiger partial charge in [-0.05, 0) is 49.8 Å².